The Balaban J connectivity index is 2.26. The van der Waals surface area contributed by atoms with Crippen LogP contribution in [-0.4, -0.2) is 11.8 Å². The summed E-state index contributed by atoms with van der Waals surface area (Å²) in [5, 5.41) is 0. The molecule has 0 aliphatic heterocycles. The van der Waals surface area contributed by atoms with E-state index in [2.05, 4.69) is 0 Å². The Kier molecular flexibility index (Phi) is 7.40. The van der Waals surface area contributed by atoms with Gasteiger partial charge in [-0.2, -0.15) is 0 Å². The highest BCUT2D eigenvalue weighted by Crippen LogP contribution is 2.16. The van der Waals surface area contributed by atoms with Crippen LogP contribution in [0.2, 0.25) is 0 Å². The topological polar surface area (TPSA) is 86.2 Å². The van der Waals surface area contributed by atoms with E-state index in [0.717, 1.165) is 37.7 Å². The van der Waals surface area contributed by atoms with Gasteiger partial charge in [-0.15, -0.1) is 0 Å². The van der Waals surface area contributed by atoms with E-state index in [1.165, 1.54) is 0 Å². The molecular weight excluding hydrogens is 252 g/mol. The predicted molar refractivity (Wildman–Crippen MR) is 79.7 cm³/mol. The Morgan fingerprint density at radius 3 is 2.20 bits per heavy atom. The van der Waals surface area contributed by atoms with Crippen LogP contribution in [0.15, 0.2) is 30.3 Å². The molecule has 4 nitrogen and oxygen atoms in total. The first-order chi connectivity index (χ1) is 9.59. The van der Waals surface area contributed by atoms with Crippen LogP contribution in [0.4, 0.5) is 0 Å². The average molecular weight is 276 g/mol. The number of benzene rings is 1. The van der Waals surface area contributed by atoms with Crippen LogP contribution in [0.1, 0.15) is 44.1 Å². The van der Waals surface area contributed by atoms with Crippen molar-refractivity contribution in [2.75, 3.05) is 0 Å². The average Bonchev–Trinajstić information content (AvgIpc) is 2.42. The van der Waals surface area contributed by atoms with Gasteiger partial charge in [-0.1, -0.05) is 49.6 Å². The summed E-state index contributed by atoms with van der Waals surface area (Å²) in [6.07, 6.45) is 5.72. The van der Waals surface area contributed by atoms with Crippen molar-refractivity contribution in [3.63, 3.8) is 0 Å². The summed E-state index contributed by atoms with van der Waals surface area (Å²) in [4.78, 5) is 22.1. The Labute approximate surface area is 120 Å². The van der Waals surface area contributed by atoms with Gasteiger partial charge < -0.3 is 11.5 Å². The second kappa shape index (κ2) is 9.13. The molecule has 0 saturated carbocycles. The van der Waals surface area contributed by atoms with E-state index in [1.807, 2.05) is 30.3 Å². The first kappa shape index (κ1) is 16.2. The number of hydrogen-bond donors (Lipinski definition) is 2. The number of unbranched alkanes of at least 4 members (excludes halogenated alkanes) is 3. The molecule has 110 valence electrons. The third kappa shape index (κ3) is 6.92. The third-order valence-corrected chi connectivity index (χ3v) is 3.45. The van der Waals surface area contributed by atoms with E-state index in [9.17, 15) is 9.59 Å². The predicted octanol–water partition coefficient (Wildman–Crippen LogP) is 2.16. The van der Waals surface area contributed by atoms with E-state index in [0.29, 0.717) is 12.8 Å². The highest BCUT2D eigenvalue weighted by atomic mass is 16.1. The molecule has 0 spiro atoms. The van der Waals surface area contributed by atoms with Gasteiger partial charge in [-0.05, 0) is 24.8 Å². The van der Waals surface area contributed by atoms with Crippen molar-refractivity contribution in [2.24, 2.45) is 17.4 Å². The van der Waals surface area contributed by atoms with Crippen LogP contribution in [0.5, 0.6) is 0 Å². The molecule has 1 unspecified atom stereocenters. The number of carbonyl (C=O) groups is 2. The zero-order chi connectivity index (χ0) is 14.8. The van der Waals surface area contributed by atoms with E-state index in [-0.39, 0.29) is 17.7 Å². The van der Waals surface area contributed by atoms with Gasteiger partial charge in [0.1, 0.15) is 0 Å². The molecule has 1 rings (SSSR count). The van der Waals surface area contributed by atoms with Gasteiger partial charge >= 0.3 is 0 Å². The fraction of sp³-hybridized carbons (Fsp3) is 0.500. The molecular formula is C16H24N2O2. The lowest BCUT2D eigenvalue weighted by Crippen LogP contribution is -2.25. The van der Waals surface area contributed by atoms with Crippen molar-refractivity contribution in [2.45, 2.75) is 44.9 Å². The second-order valence-corrected chi connectivity index (χ2v) is 5.21. The summed E-state index contributed by atoms with van der Waals surface area (Å²) >= 11 is 0. The second-order valence-electron chi connectivity index (χ2n) is 5.21. The maximum absolute atomic E-state index is 11.5. The largest absolute Gasteiger partial charge is 0.370 e. The Morgan fingerprint density at radius 2 is 1.60 bits per heavy atom. The summed E-state index contributed by atoms with van der Waals surface area (Å²) < 4.78 is 0. The number of rotatable bonds is 10. The van der Waals surface area contributed by atoms with Crippen LogP contribution in [0, 0.1) is 5.92 Å². The normalized spacial score (nSPS) is 12.0. The van der Waals surface area contributed by atoms with Crippen LogP contribution in [0.3, 0.4) is 0 Å². The van der Waals surface area contributed by atoms with Crippen LogP contribution >= 0.6 is 0 Å². The lowest BCUT2D eigenvalue weighted by Gasteiger charge is -2.13. The van der Waals surface area contributed by atoms with E-state index in [1.54, 1.807) is 0 Å². The monoisotopic (exact) mass is 276 g/mol. The minimum absolute atomic E-state index is 0.103. The molecule has 1 atom stereocenters. The van der Waals surface area contributed by atoms with Crippen LogP contribution in [0.25, 0.3) is 0 Å². The first-order valence-corrected chi connectivity index (χ1v) is 7.21. The van der Waals surface area contributed by atoms with E-state index in [4.69, 9.17) is 11.5 Å². The van der Waals surface area contributed by atoms with Gasteiger partial charge in [0.15, 0.2) is 0 Å². The van der Waals surface area contributed by atoms with Gasteiger partial charge in [-0.3, -0.25) is 9.59 Å². The summed E-state index contributed by atoms with van der Waals surface area (Å²) in [5.74, 6) is -0.580. The van der Waals surface area contributed by atoms with Gasteiger partial charge in [0, 0.05) is 12.3 Å². The lowest BCUT2D eigenvalue weighted by molar-refractivity contribution is -0.122. The molecule has 0 aliphatic carbocycles. The third-order valence-electron chi connectivity index (χ3n) is 3.45. The summed E-state index contributed by atoms with van der Waals surface area (Å²) in [6.45, 7) is 0. The Hall–Kier alpha value is -1.84. The van der Waals surface area contributed by atoms with Crippen LogP contribution < -0.4 is 11.5 Å². The fourth-order valence-corrected chi connectivity index (χ4v) is 2.29. The summed E-state index contributed by atoms with van der Waals surface area (Å²) in [7, 11) is 0. The van der Waals surface area contributed by atoms with Crippen molar-refractivity contribution in [3.8, 4) is 0 Å². The van der Waals surface area contributed by atoms with Crippen molar-refractivity contribution < 1.29 is 9.59 Å². The molecule has 4 heteroatoms. The van der Waals surface area contributed by atoms with Gasteiger partial charge in [0.2, 0.25) is 11.8 Å². The minimum Gasteiger partial charge on any atom is -0.370 e. The maximum Gasteiger partial charge on any atom is 0.220 e. The molecule has 0 heterocycles. The summed E-state index contributed by atoms with van der Waals surface area (Å²) in [6, 6.07) is 9.93. The van der Waals surface area contributed by atoms with Crippen molar-refractivity contribution >= 4 is 11.8 Å². The fourth-order valence-electron chi connectivity index (χ4n) is 2.29. The molecule has 0 aromatic heterocycles. The zero-order valence-corrected chi connectivity index (χ0v) is 11.9. The summed E-state index contributed by atoms with van der Waals surface area (Å²) in [5.41, 5.74) is 11.7. The number of amides is 2. The quantitative estimate of drug-likeness (QED) is 0.641. The SMILES string of the molecule is NC(=O)CCCCCCC(Cc1ccccc1)C(N)=O. The smallest absolute Gasteiger partial charge is 0.220 e. The standard InChI is InChI=1S/C16H24N2O2/c17-15(19)11-7-2-1-6-10-14(16(18)20)12-13-8-4-3-5-9-13/h3-5,8-9,14H,1-2,6-7,10-12H2,(H2,17,19)(H2,18,20). The van der Waals surface area contributed by atoms with Crippen molar-refractivity contribution in [1.82, 2.24) is 0 Å². The van der Waals surface area contributed by atoms with E-state index < -0.39 is 0 Å². The molecule has 0 aliphatic rings. The first-order valence-electron chi connectivity index (χ1n) is 7.21. The zero-order valence-electron chi connectivity index (χ0n) is 11.9. The Bertz CT molecular complexity index is 418. The maximum atomic E-state index is 11.5. The molecule has 2 amide bonds. The number of carbonyl (C=O) groups excluding carboxylic acids is 2. The molecule has 1 aromatic rings. The highest BCUT2D eigenvalue weighted by molar-refractivity contribution is 5.76. The molecule has 0 bridgehead atoms. The van der Waals surface area contributed by atoms with E-state index >= 15 is 0 Å². The lowest BCUT2D eigenvalue weighted by atomic mass is 9.93. The molecule has 1 aromatic carbocycles. The molecule has 0 fully saturated rings. The highest BCUT2D eigenvalue weighted by Gasteiger charge is 2.15. The molecule has 0 radical (unpaired) electrons. The van der Waals surface area contributed by atoms with Crippen molar-refractivity contribution in [1.29, 1.82) is 0 Å². The molecule has 20 heavy (non-hydrogen) atoms. The number of nitrogens with two attached hydrogens (primary N) is 2. The van der Waals surface area contributed by atoms with Gasteiger partial charge in [-0.25, -0.2) is 0 Å². The van der Waals surface area contributed by atoms with Gasteiger partial charge in [0.25, 0.3) is 0 Å². The molecule has 0 saturated heterocycles. The number of hydrogen-bond acceptors (Lipinski definition) is 2. The minimum atomic E-state index is -0.246. The molecule has 4 N–H and O–H groups in total. The van der Waals surface area contributed by atoms with Crippen molar-refractivity contribution in [3.05, 3.63) is 35.9 Å². The Morgan fingerprint density at radius 1 is 0.950 bits per heavy atom. The number of primary amides is 2. The van der Waals surface area contributed by atoms with Gasteiger partial charge in [0.05, 0.1) is 0 Å². The van der Waals surface area contributed by atoms with Crippen LogP contribution in [-0.2, 0) is 16.0 Å².